The average Bonchev–Trinajstić information content (AvgIpc) is 2.35. The fraction of sp³-hybridized carbons (Fsp3) is 0.364. The van der Waals surface area contributed by atoms with Crippen LogP contribution >= 0.6 is 0 Å². The third kappa shape index (κ3) is 3.65. The summed E-state index contributed by atoms with van der Waals surface area (Å²) in [4.78, 5) is 20.4. The molecule has 0 spiro atoms. The first-order chi connectivity index (χ1) is 9.89. The van der Waals surface area contributed by atoms with Gasteiger partial charge in [0.15, 0.2) is 0 Å². The van der Waals surface area contributed by atoms with Crippen LogP contribution in [0.3, 0.4) is 0 Å². The van der Waals surface area contributed by atoms with Crippen molar-refractivity contribution in [3.63, 3.8) is 0 Å². The third-order valence-corrected chi connectivity index (χ3v) is 2.41. The van der Waals surface area contributed by atoms with Gasteiger partial charge in [0.1, 0.15) is 5.56 Å². The van der Waals surface area contributed by atoms with Gasteiger partial charge in [-0.1, -0.05) is 0 Å². The zero-order valence-corrected chi connectivity index (χ0v) is 10.7. The number of nitro groups is 1. The van der Waals surface area contributed by atoms with Gasteiger partial charge in [0.05, 0.1) is 22.7 Å². The fourth-order valence-corrected chi connectivity index (χ4v) is 1.62. The summed E-state index contributed by atoms with van der Waals surface area (Å²) in [6, 6.07) is -0.0100. The molecule has 0 aliphatic rings. The smallest absolute Gasteiger partial charge is 0.423 e. The summed E-state index contributed by atoms with van der Waals surface area (Å²) in [5, 5.41) is 10.7. The summed E-state index contributed by atoms with van der Waals surface area (Å²) < 4.78 is 81.0. The number of rotatable bonds is 3. The normalized spacial score (nSPS) is 12.1. The maximum Gasteiger partial charge on any atom is 0.423 e. The lowest BCUT2D eigenvalue weighted by molar-refractivity contribution is -0.388. The lowest BCUT2D eigenvalue weighted by Crippen LogP contribution is -2.20. The Bertz CT molecular complexity index is 608. The van der Waals surface area contributed by atoms with Gasteiger partial charge in [-0.15, -0.1) is 0 Å². The second-order valence-electron chi connectivity index (χ2n) is 3.89. The Balaban J connectivity index is 3.77. The molecule has 0 radical (unpaired) electrons. The lowest BCUT2D eigenvalue weighted by atomic mass is 10.0. The van der Waals surface area contributed by atoms with E-state index in [2.05, 4.69) is 4.74 Å². The molecule has 5 nitrogen and oxygen atoms in total. The van der Waals surface area contributed by atoms with Gasteiger partial charge in [-0.25, -0.2) is 4.79 Å². The Labute approximate surface area is 118 Å². The largest absolute Gasteiger partial charge is 0.462 e. The van der Waals surface area contributed by atoms with Gasteiger partial charge >= 0.3 is 18.3 Å². The van der Waals surface area contributed by atoms with Gasteiger partial charge in [0.2, 0.25) is 0 Å². The highest BCUT2D eigenvalue weighted by Crippen LogP contribution is 2.45. The van der Waals surface area contributed by atoms with E-state index in [0.717, 1.165) is 0 Å². The molecule has 0 amide bonds. The van der Waals surface area contributed by atoms with Crippen molar-refractivity contribution in [1.29, 1.82) is 0 Å². The molecule has 1 aromatic rings. The molecule has 0 aliphatic heterocycles. The van der Waals surface area contributed by atoms with E-state index in [0.29, 0.717) is 0 Å². The van der Waals surface area contributed by atoms with Crippen LogP contribution in [0.4, 0.5) is 32.0 Å². The number of esters is 1. The van der Waals surface area contributed by atoms with Crippen LogP contribution in [-0.2, 0) is 17.1 Å². The number of halogens is 6. The Kier molecular flexibility index (Phi) is 4.68. The van der Waals surface area contributed by atoms with Crippen molar-refractivity contribution in [1.82, 2.24) is 0 Å². The van der Waals surface area contributed by atoms with Gasteiger partial charge in [-0.3, -0.25) is 10.1 Å². The lowest BCUT2D eigenvalue weighted by Gasteiger charge is -2.16. The number of carbonyl (C=O) groups excluding carboxylic acids is 1. The van der Waals surface area contributed by atoms with Crippen molar-refractivity contribution in [3.8, 4) is 0 Å². The third-order valence-electron chi connectivity index (χ3n) is 2.41. The van der Waals surface area contributed by atoms with E-state index in [-0.39, 0.29) is 18.7 Å². The standard InChI is InChI=1S/C11H7F6NO4/c1-2-22-9(19)5-3-6(10(12,13)14)8(11(15,16)17)7(4-5)18(20)21/h3-4H,2H2,1H3. The van der Waals surface area contributed by atoms with Gasteiger partial charge in [0, 0.05) is 6.07 Å². The zero-order chi connectivity index (χ0) is 17.3. The number of hydrogen-bond acceptors (Lipinski definition) is 4. The Hall–Kier alpha value is -2.33. The van der Waals surface area contributed by atoms with Crippen molar-refractivity contribution in [3.05, 3.63) is 38.9 Å². The van der Waals surface area contributed by atoms with Crippen molar-refractivity contribution in [2.24, 2.45) is 0 Å². The van der Waals surface area contributed by atoms with Crippen LogP contribution in [0.25, 0.3) is 0 Å². The number of nitro benzene ring substituents is 1. The van der Waals surface area contributed by atoms with Crippen molar-refractivity contribution >= 4 is 11.7 Å². The van der Waals surface area contributed by atoms with Crippen LogP contribution in [0.15, 0.2) is 12.1 Å². The number of carbonyl (C=O) groups is 1. The molecule has 0 N–H and O–H groups in total. The first-order valence-electron chi connectivity index (χ1n) is 5.53. The minimum Gasteiger partial charge on any atom is -0.462 e. The monoisotopic (exact) mass is 331 g/mol. The highest BCUT2D eigenvalue weighted by Gasteiger charge is 2.49. The first kappa shape index (κ1) is 17.7. The first-order valence-corrected chi connectivity index (χ1v) is 5.53. The second kappa shape index (κ2) is 5.81. The fourth-order valence-electron chi connectivity index (χ4n) is 1.62. The molecule has 1 rings (SSSR count). The highest BCUT2D eigenvalue weighted by atomic mass is 19.4. The van der Waals surface area contributed by atoms with E-state index in [1.54, 1.807) is 0 Å². The van der Waals surface area contributed by atoms with Crippen LogP contribution in [0, 0.1) is 10.1 Å². The molecule has 0 saturated carbocycles. The Morgan fingerprint density at radius 1 is 1.18 bits per heavy atom. The molecule has 122 valence electrons. The summed E-state index contributed by atoms with van der Waals surface area (Å²) in [5.74, 6) is -1.40. The van der Waals surface area contributed by atoms with Gasteiger partial charge in [-0.05, 0) is 13.0 Å². The van der Waals surface area contributed by atoms with E-state index in [4.69, 9.17) is 0 Å². The van der Waals surface area contributed by atoms with Crippen LogP contribution < -0.4 is 0 Å². The van der Waals surface area contributed by atoms with Crippen LogP contribution in [0.2, 0.25) is 0 Å². The summed E-state index contributed by atoms with van der Waals surface area (Å²) in [5.41, 5.74) is -7.64. The summed E-state index contributed by atoms with van der Waals surface area (Å²) in [7, 11) is 0. The quantitative estimate of drug-likeness (QED) is 0.365. The maximum atomic E-state index is 12.8. The maximum absolute atomic E-state index is 12.8. The van der Waals surface area contributed by atoms with E-state index < -0.39 is 45.6 Å². The predicted octanol–water partition coefficient (Wildman–Crippen LogP) is 3.81. The molecule has 1 aromatic carbocycles. The number of ether oxygens (including phenoxy) is 1. The molecule has 0 fully saturated rings. The highest BCUT2D eigenvalue weighted by molar-refractivity contribution is 5.91. The molecular weight excluding hydrogens is 324 g/mol. The molecule has 0 atom stereocenters. The van der Waals surface area contributed by atoms with E-state index in [1.807, 2.05) is 0 Å². The van der Waals surface area contributed by atoms with Gasteiger partial charge in [0.25, 0.3) is 5.69 Å². The van der Waals surface area contributed by atoms with Gasteiger partial charge < -0.3 is 4.74 Å². The number of nitrogens with zero attached hydrogens (tertiary/aromatic N) is 1. The minimum atomic E-state index is -5.62. The van der Waals surface area contributed by atoms with Crippen LogP contribution in [0.5, 0.6) is 0 Å². The van der Waals surface area contributed by atoms with Crippen LogP contribution in [0.1, 0.15) is 28.4 Å². The van der Waals surface area contributed by atoms with E-state index in [1.165, 1.54) is 6.92 Å². The molecule has 0 unspecified atom stereocenters. The van der Waals surface area contributed by atoms with Crippen molar-refractivity contribution < 1.29 is 40.8 Å². The SMILES string of the molecule is CCOC(=O)c1cc([N+](=O)[O-])c(C(F)(F)F)c(C(F)(F)F)c1. The average molecular weight is 331 g/mol. The Morgan fingerprint density at radius 2 is 1.73 bits per heavy atom. The topological polar surface area (TPSA) is 69.4 Å². The number of benzene rings is 1. The molecule has 0 aromatic heterocycles. The van der Waals surface area contributed by atoms with Crippen molar-refractivity contribution in [2.45, 2.75) is 19.3 Å². The molecule has 11 heteroatoms. The van der Waals surface area contributed by atoms with E-state index in [9.17, 15) is 41.3 Å². The molecule has 0 saturated heterocycles. The molecule has 22 heavy (non-hydrogen) atoms. The zero-order valence-electron chi connectivity index (χ0n) is 10.7. The molecule has 0 aliphatic carbocycles. The summed E-state index contributed by atoms with van der Waals surface area (Å²) in [6.45, 7) is 1.04. The van der Waals surface area contributed by atoms with Crippen LogP contribution in [-0.4, -0.2) is 17.5 Å². The minimum absolute atomic E-state index is 0.107. The Morgan fingerprint density at radius 3 is 2.09 bits per heavy atom. The summed E-state index contributed by atoms with van der Waals surface area (Å²) in [6.07, 6.45) is -11.2. The summed E-state index contributed by atoms with van der Waals surface area (Å²) >= 11 is 0. The molecule has 0 bridgehead atoms. The molecule has 0 heterocycles. The van der Waals surface area contributed by atoms with Gasteiger partial charge in [-0.2, -0.15) is 26.3 Å². The second-order valence-corrected chi connectivity index (χ2v) is 3.89. The number of hydrogen-bond donors (Lipinski definition) is 0. The predicted molar refractivity (Wildman–Crippen MR) is 59.1 cm³/mol. The molecular formula is C11H7F6NO4. The van der Waals surface area contributed by atoms with Crippen molar-refractivity contribution in [2.75, 3.05) is 6.61 Å². The number of alkyl halides is 6. The van der Waals surface area contributed by atoms with E-state index >= 15 is 0 Å².